The van der Waals surface area contributed by atoms with Crippen LogP contribution in [0.2, 0.25) is 0 Å². The summed E-state index contributed by atoms with van der Waals surface area (Å²) in [6, 6.07) is 0. The molecule has 1 aliphatic heterocycles. The number of aromatic nitrogens is 2. The Kier molecular flexibility index (Phi) is 2.60. The van der Waals surface area contributed by atoms with Crippen LogP contribution in [0.4, 0.5) is 0 Å². The molecule has 16 heavy (non-hydrogen) atoms. The Hall–Kier alpha value is -1.54. The smallest absolute Gasteiger partial charge is 0.255 e. The van der Waals surface area contributed by atoms with Crippen LogP contribution in [0.5, 0.6) is 0 Å². The SMILES string of the molecule is Cn1ncc(C2=COCCO2)c1S(N)(=O)=O. The zero-order valence-corrected chi connectivity index (χ0v) is 9.40. The van der Waals surface area contributed by atoms with Gasteiger partial charge >= 0.3 is 0 Å². The van der Waals surface area contributed by atoms with Gasteiger partial charge in [0.15, 0.2) is 10.8 Å². The third-order valence-corrected chi connectivity index (χ3v) is 3.09. The van der Waals surface area contributed by atoms with Gasteiger partial charge in [-0.15, -0.1) is 0 Å². The molecule has 0 amide bonds. The molecule has 7 nitrogen and oxygen atoms in total. The van der Waals surface area contributed by atoms with E-state index in [0.29, 0.717) is 24.5 Å². The maximum absolute atomic E-state index is 11.4. The molecule has 1 aliphatic rings. The molecular weight excluding hydrogens is 234 g/mol. The molecular formula is C8H11N3O4S. The van der Waals surface area contributed by atoms with E-state index in [1.54, 1.807) is 0 Å². The van der Waals surface area contributed by atoms with Gasteiger partial charge in [-0.3, -0.25) is 4.68 Å². The maximum atomic E-state index is 11.4. The molecule has 0 aromatic carbocycles. The Morgan fingerprint density at radius 2 is 2.25 bits per heavy atom. The van der Waals surface area contributed by atoms with Gasteiger partial charge in [-0.1, -0.05) is 0 Å². The number of ether oxygens (including phenoxy) is 2. The van der Waals surface area contributed by atoms with Crippen LogP contribution in [0, 0.1) is 0 Å². The summed E-state index contributed by atoms with van der Waals surface area (Å²) in [5.41, 5.74) is 0.310. The Balaban J connectivity index is 2.54. The number of nitrogens with zero attached hydrogens (tertiary/aromatic N) is 2. The summed E-state index contributed by atoms with van der Waals surface area (Å²) in [7, 11) is -2.35. The van der Waals surface area contributed by atoms with Crippen molar-refractivity contribution in [3.05, 3.63) is 18.0 Å². The van der Waals surface area contributed by atoms with Crippen molar-refractivity contribution < 1.29 is 17.9 Å². The first-order valence-corrected chi connectivity index (χ1v) is 6.04. The van der Waals surface area contributed by atoms with Gasteiger partial charge in [0.1, 0.15) is 19.5 Å². The van der Waals surface area contributed by atoms with Crippen LogP contribution in [-0.4, -0.2) is 31.4 Å². The van der Waals surface area contributed by atoms with Crippen molar-refractivity contribution in [1.82, 2.24) is 9.78 Å². The quantitative estimate of drug-likeness (QED) is 0.751. The largest absolute Gasteiger partial charge is 0.494 e. The molecule has 2 rings (SSSR count). The first-order valence-electron chi connectivity index (χ1n) is 4.50. The molecule has 0 fully saturated rings. The highest BCUT2D eigenvalue weighted by Crippen LogP contribution is 2.24. The minimum Gasteiger partial charge on any atom is -0.494 e. The molecule has 0 aliphatic carbocycles. The van der Waals surface area contributed by atoms with Crippen molar-refractivity contribution in [2.24, 2.45) is 12.2 Å². The molecule has 8 heteroatoms. The Bertz CT molecular complexity index is 531. The summed E-state index contributed by atoms with van der Waals surface area (Å²) in [4.78, 5) is 0. The van der Waals surface area contributed by atoms with E-state index in [1.807, 2.05) is 0 Å². The fourth-order valence-electron chi connectivity index (χ4n) is 1.44. The van der Waals surface area contributed by atoms with E-state index in [-0.39, 0.29) is 5.03 Å². The fourth-order valence-corrected chi connectivity index (χ4v) is 2.32. The second kappa shape index (κ2) is 3.80. The number of sulfonamides is 1. The van der Waals surface area contributed by atoms with E-state index in [0.717, 1.165) is 0 Å². The molecule has 0 saturated carbocycles. The summed E-state index contributed by atoms with van der Waals surface area (Å²) in [5, 5.41) is 8.84. The summed E-state index contributed by atoms with van der Waals surface area (Å²) in [6.07, 6.45) is 2.73. The van der Waals surface area contributed by atoms with Crippen molar-refractivity contribution >= 4 is 15.8 Å². The highest BCUT2D eigenvalue weighted by Gasteiger charge is 2.24. The molecule has 1 aromatic rings. The van der Waals surface area contributed by atoms with Crippen LogP contribution in [0.25, 0.3) is 5.76 Å². The van der Waals surface area contributed by atoms with Gasteiger partial charge in [-0.05, 0) is 0 Å². The lowest BCUT2D eigenvalue weighted by Crippen LogP contribution is -2.19. The molecule has 0 spiro atoms. The van der Waals surface area contributed by atoms with Crippen LogP contribution < -0.4 is 5.14 Å². The van der Waals surface area contributed by atoms with Crippen LogP contribution in [-0.2, 0) is 26.5 Å². The Morgan fingerprint density at radius 1 is 1.50 bits per heavy atom. The van der Waals surface area contributed by atoms with Crippen molar-refractivity contribution in [3.63, 3.8) is 0 Å². The zero-order chi connectivity index (χ0) is 11.8. The summed E-state index contributed by atoms with van der Waals surface area (Å²) < 4.78 is 34.3. The van der Waals surface area contributed by atoms with Gasteiger partial charge in [0, 0.05) is 7.05 Å². The molecule has 0 bridgehead atoms. The van der Waals surface area contributed by atoms with Gasteiger partial charge in [0.05, 0.1) is 11.8 Å². The van der Waals surface area contributed by atoms with E-state index in [2.05, 4.69) is 5.10 Å². The average molecular weight is 245 g/mol. The molecule has 0 radical (unpaired) electrons. The third kappa shape index (κ3) is 1.89. The minimum atomic E-state index is -3.85. The van der Waals surface area contributed by atoms with Gasteiger partial charge < -0.3 is 9.47 Å². The summed E-state index contributed by atoms with van der Waals surface area (Å²) in [5.74, 6) is 0.323. The number of aryl methyl sites for hydroxylation is 1. The first-order chi connectivity index (χ1) is 7.50. The van der Waals surface area contributed by atoms with E-state index < -0.39 is 10.0 Å². The van der Waals surface area contributed by atoms with Crippen LogP contribution in [0.15, 0.2) is 17.5 Å². The van der Waals surface area contributed by atoms with Gasteiger partial charge in [0.2, 0.25) is 0 Å². The average Bonchev–Trinajstić information content (AvgIpc) is 2.61. The number of primary sulfonamides is 1. The van der Waals surface area contributed by atoms with Gasteiger partial charge in [0.25, 0.3) is 10.0 Å². The monoisotopic (exact) mass is 245 g/mol. The summed E-state index contributed by atoms with van der Waals surface area (Å²) in [6.45, 7) is 0.805. The van der Waals surface area contributed by atoms with E-state index in [9.17, 15) is 8.42 Å². The summed E-state index contributed by atoms with van der Waals surface area (Å²) >= 11 is 0. The fraction of sp³-hybridized carbons (Fsp3) is 0.375. The molecule has 0 unspecified atom stereocenters. The lowest BCUT2D eigenvalue weighted by molar-refractivity contribution is 0.125. The van der Waals surface area contributed by atoms with Gasteiger partial charge in [-0.25, -0.2) is 13.6 Å². The van der Waals surface area contributed by atoms with E-state index in [4.69, 9.17) is 14.6 Å². The Labute approximate surface area is 92.5 Å². The first kappa shape index (κ1) is 11.0. The van der Waals surface area contributed by atoms with E-state index >= 15 is 0 Å². The maximum Gasteiger partial charge on any atom is 0.255 e. The van der Waals surface area contributed by atoms with Crippen molar-refractivity contribution in [3.8, 4) is 0 Å². The van der Waals surface area contributed by atoms with Crippen molar-refractivity contribution in [1.29, 1.82) is 0 Å². The standard InChI is InChI=1S/C8H11N3O4S/c1-11-8(16(9,12)13)6(4-10-11)7-5-14-2-3-15-7/h4-5H,2-3H2,1H3,(H2,9,12,13). The molecule has 0 atom stereocenters. The van der Waals surface area contributed by atoms with Crippen molar-refractivity contribution in [2.75, 3.05) is 13.2 Å². The number of hydrogen-bond donors (Lipinski definition) is 1. The van der Waals surface area contributed by atoms with Crippen LogP contribution in [0.1, 0.15) is 5.56 Å². The highest BCUT2D eigenvalue weighted by atomic mass is 32.2. The number of rotatable bonds is 2. The molecule has 0 saturated heterocycles. The predicted octanol–water partition coefficient (Wildman–Crippen LogP) is -0.587. The lowest BCUT2D eigenvalue weighted by Gasteiger charge is -2.15. The van der Waals surface area contributed by atoms with E-state index in [1.165, 1.54) is 24.2 Å². The van der Waals surface area contributed by atoms with Crippen LogP contribution >= 0.6 is 0 Å². The normalized spacial score (nSPS) is 16.2. The second-order valence-electron chi connectivity index (χ2n) is 3.23. The molecule has 2 heterocycles. The molecule has 2 N–H and O–H groups in total. The number of nitrogens with two attached hydrogens (primary N) is 1. The topological polar surface area (TPSA) is 96.4 Å². The second-order valence-corrected chi connectivity index (χ2v) is 4.71. The molecule has 1 aromatic heterocycles. The molecule has 88 valence electrons. The van der Waals surface area contributed by atoms with Gasteiger partial charge in [-0.2, -0.15) is 5.10 Å². The zero-order valence-electron chi connectivity index (χ0n) is 8.58. The lowest BCUT2D eigenvalue weighted by atomic mass is 10.3. The van der Waals surface area contributed by atoms with Crippen molar-refractivity contribution in [2.45, 2.75) is 5.03 Å². The predicted molar refractivity (Wildman–Crippen MR) is 54.5 cm³/mol. The third-order valence-electron chi connectivity index (χ3n) is 2.07. The Morgan fingerprint density at radius 3 is 2.81 bits per heavy atom. The number of hydrogen-bond acceptors (Lipinski definition) is 5. The highest BCUT2D eigenvalue weighted by molar-refractivity contribution is 7.89. The van der Waals surface area contributed by atoms with Crippen LogP contribution in [0.3, 0.4) is 0 Å². The minimum absolute atomic E-state index is 0.0933.